The lowest BCUT2D eigenvalue weighted by Gasteiger charge is -2.31. The molecule has 0 spiro atoms. The maximum absolute atomic E-state index is 13.3. The molecule has 0 bridgehead atoms. The van der Waals surface area contributed by atoms with Crippen LogP contribution in [0.4, 0.5) is 4.39 Å². The molecule has 1 aliphatic heterocycles. The van der Waals surface area contributed by atoms with Gasteiger partial charge in [0.15, 0.2) is 0 Å². The van der Waals surface area contributed by atoms with Gasteiger partial charge in [0.1, 0.15) is 12.4 Å². The van der Waals surface area contributed by atoms with Crippen molar-refractivity contribution in [1.82, 2.24) is 9.80 Å². The van der Waals surface area contributed by atoms with Crippen LogP contribution in [-0.4, -0.2) is 41.8 Å². The van der Waals surface area contributed by atoms with E-state index in [2.05, 4.69) is 15.9 Å². The van der Waals surface area contributed by atoms with Crippen molar-refractivity contribution in [3.05, 3.63) is 34.1 Å². The molecular weight excluding hydrogens is 303 g/mol. The molecule has 1 aromatic carbocycles. The molecule has 6 heteroatoms. The number of rotatable bonds is 2. The SMILES string of the molecule is CN1CC(=O)N(Cc2cccc(F)c2Br)CC1=O. The third-order valence-electron chi connectivity index (χ3n) is 2.87. The van der Waals surface area contributed by atoms with Crippen LogP contribution in [-0.2, 0) is 16.1 Å². The monoisotopic (exact) mass is 314 g/mol. The summed E-state index contributed by atoms with van der Waals surface area (Å²) in [6.07, 6.45) is 0. The van der Waals surface area contributed by atoms with Gasteiger partial charge >= 0.3 is 0 Å². The van der Waals surface area contributed by atoms with Crippen LogP contribution in [0.25, 0.3) is 0 Å². The largest absolute Gasteiger partial charge is 0.335 e. The van der Waals surface area contributed by atoms with E-state index in [0.717, 1.165) is 0 Å². The van der Waals surface area contributed by atoms with E-state index >= 15 is 0 Å². The zero-order chi connectivity index (χ0) is 13.3. The Hall–Kier alpha value is -1.43. The van der Waals surface area contributed by atoms with E-state index in [1.165, 1.54) is 15.9 Å². The van der Waals surface area contributed by atoms with Crippen LogP contribution < -0.4 is 0 Å². The summed E-state index contributed by atoms with van der Waals surface area (Å²) in [5.41, 5.74) is 0.653. The number of halogens is 2. The minimum Gasteiger partial charge on any atom is -0.335 e. The van der Waals surface area contributed by atoms with E-state index in [0.29, 0.717) is 10.0 Å². The number of hydrogen-bond acceptors (Lipinski definition) is 2. The van der Waals surface area contributed by atoms with Crippen LogP contribution in [0.1, 0.15) is 5.56 Å². The molecule has 2 rings (SSSR count). The number of hydrogen-bond donors (Lipinski definition) is 0. The van der Waals surface area contributed by atoms with Crippen LogP contribution in [0.15, 0.2) is 22.7 Å². The second-order valence-electron chi connectivity index (χ2n) is 4.21. The Balaban J connectivity index is 2.16. The molecule has 0 unspecified atom stereocenters. The molecule has 0 saturated carbocycles. The van der Waals surface area contributed by atoms with Crippen molar-refractivity contribution < 1.29 is 14.0 Å². The second kappa shape index (κ2) is 5.06. The van der Waals surface area contributed by atoms with E-state index in [1.807, 2.05) is 0 Å². The Morgan fingerprint density at radius 1 is 1.28 bits per heavy atom. The molecular formula is C12H12BrFN2O2. The number of likely N-dealkylation sites (N-methyl/N-ethyl adjacent to an activating group) is 1. The molecule has 0 aliphatic carbocycles. The van der Waals surface area contributed by atoms with E-state index in [-0.39, 0.29) is 37.3 Å². The Kier molecular flexibility index (Phi) is 3.65. The molecule has 96 valence electrons. The van der Waals surface area contributed by atoms with Crippen LogP contribution >= 0.6 is 15.9 Å². The number of carbonyl (C=O) groups excluding carboxylic acids is 2. The summed E-state index contributed by atoms with van der Waals surface area (Å²) in [7, 11) is 1.59. The predicted molar refractivity (Wildman–Crippen MR) is 67.2 cm³/mol. The second-order valence-corrected chi connectivity index (χ2v) is 5.01. The standard InChI is InChI=1S/C12H12BrFN2O2/c1-15-6-11(18)16(7-10(15)17)5-8-3-2-4-9(14)12(8)13/h2-4H,5-7H2,1H3. The summed E-state index contributed by atoms with van der Waals surface area (Å²) in [5, 5.41) is 0. The quantitative estimate of drug-likeness (QED) is 0.827. The molecule has 18 heavy (non-hydrogen) atoms. The van der Waals surface area contributed by atoms with Gasteiger partial charge in [0, 0.05) is 13.6 Å². The third-order valence-corrected chi connectivity index (χ3v) is 3.76. The average molecular weight is 315 g/mol. The van der Waals surface area contributed by atoms with Crippen LogP contribution in [0.2, 0.25) is 0 Å². The van der Waals surface area contributed by atoms with E-state index < -0.39 is 0 Å². The number of benzene rings is 1. The topological polar surface area (TPSA) is 40.6 Å². The van der Waals surface area contributed by atoms with Crippen molar-refractivity contribution in [2.24, 2.45) is 0 Å². The molecule has 0 radical (unpaired) electrons. The molecule has 1 aromatic rings. The Labute approximate surface area is 112 Å². The Morgan fingerprint density at radius 3 is 2.72 bits per heavy atom. The van der Waals surface area contributed by atoms with E-state index in [9.17, 15) is 14.0 Å². The van der Waals surface area contributed by atoms with Crippen molar-refractivity contribution >= 4 is 27.7 Å². The fourth-order valence-electron chi connectivity index (χ4n) is 1.78. The van der Waals surface area contributed by atoms with Crippen LogP contribution in [0.5, 0.6) is 0 Å². The highest BCUT2D eigenvalue weighted by Crippen LogP contribution is 2.22. The summed E-state index contributed by atoms with van der Waals surface area (Å²) in [6.45, 7) is 0.348. The molecule has 2 amide bonds. The van der Waals surface area contributed by atoms with E-state index in [4.69, 9.17) is 0 Å². The van der Waals surface area contributed by atoms with Gasteiger partial charge in [-0.15, -0.1) is 0 Å². The molecule has 0 atom stereocenters. The first-order valence-corrected chi connectivity index (χ1v) is 6.23. The highest BCUT2D eigenvalue weighted by Gasteiger charge is 2.27. The minimum atomic E-state index is -0.375. The molecule has 0 aromatic heterocycles. The number of nitrogens with zero attached hydrogens (tertiary/aromatic N) is 2. The summed E-state index contributed by atoms with van der Waals surface area (Å²) >= 11 is 3.15. The lowest BCUT2D eigenvalue weighted by atomic mass is 10.2. The predicted octanol–water partition coefficient (Wildman–Crippen LogP) is 1.39. The summed E-state index contributed by atoms with van der Waals surface area (Å²) in [6, 6.07) is 4.64. The van der Waals surface area contributed by atoms with Gasteiger partial charge in [-0.05, 0) is 27.6 Å². The lowest BCUT2D eigenvalue weighted by Crippen LogP contribution is -2.51. The van der Waals surface area contributed by atoms with Crippen LogP contribution in [0.3, 0.4) is 0 Å². The zero-order valence-electron chi connectivity index (χ0n) is 9.82. The van der Waals surface area contributed by atoms with Gasteiger partial charge in [0.2, 0.25) is 11.8 Å². The fraction of sp³-hybridized carbons (Fsp3) is 0.333. The van der Waals surface area contributed by atoms with Crippen LogP contribution in [0, 0.1) is 5.82 Å². The lowest BCUT2D eigenvalue weighted by molar-refractivity contribution is -0.149. The number of piperazine rings is 1. The molecule has 1 heterocycles. The molecule has 1 aliphatic rings. The minimum absolute atomic E-state index is 0.0400. The fourth-order valence-corrected chi connectivity index (χ4v) is 2.17. The normalized spacial score (nSPS) is 16.4. The zero-order valence-corrected chi connectivity index (χ0v) is 11.4. The number of amides is 2. The van der Waals surface area contributed by atoms with Crippen molar-refractivity contribution in [3.8, 4) is 0 Å². The molecule has 4 nitrogen and oxygen atoms in total. The highest BCUT2D eigenvalue weighted by molar-refractivity contribution is 9.10. The average Bonchev–Trinajstić information content (AvgIpc) is 2.32. The van der Waals surface area contributed by atoms with Gasteiger partial charge in [0.25, 0.3) is 0 Å². The summed E-state index contributed by atoms with van der Waals surface area (Å²) < 4.78 is 13.7. The van der Waals surface area contributed by atoms with Gasteiger partial charge in [-0.3, -0.25) is 9.59 Å². The van der Waals surface area contributed by atoms with E-state index in [1.54, 1.807) is 19.2 Å². The maximum Gasteiger partial charge on any atom is 0.242 e. The summed E-state index contributed by atoms with van der Waals surface area (Å²) in [4.78, 5) is 26.1. The highest BCUT2D eigenvalue weighted by atomic mass is 79.9. The van der Waals surface area contributed by atoms with Crippen molar-refractivity contribution in [2.45, 2.75) is 6.54 Å². The van der Waals surface area contributed by atoms with Crippen molar-refractivity contribution in [3.63, 3.8) is 0 Å². The Morgan fingerprint density at radius 2 is 2.00 bits per heavy atom. The van der Waals surface area contributed by atoms with Gasteiger partial charge < -0.3 is 9.80 Å². The summed E-state index contributed by atoms with van der Waals surface area (Å²) in [5.74, 6) is -0.615. The third kappa shape index (κ3) is 2.53. The van der Waals surface area contributed by atoms with Crippen molar-refractivity contribution in [2.75, 3.05) is 20.1 Å². The van der Waals surface area contributed by atoms with Gasteiger partial charge in [0.05, 0.1) is 11.0 Å². The smallest absolute Gasteiger partial charge is 0.242 e. The van der Waals surface area contributed by atoms with Crippen molar-refractivity contribution in [1.29, 1.82) is 0 Å². The molecule has 1 fully saturated rings. The maximum atomic E-state index is 13.3. The molecule has 1 saturated heterocycles. The van der Waals surface area contributed by atoms with Gasteiger partial charge in [-0.2, -0.15) is 0 Å². The first-order chi connectivity index (χ1) is 8.49. The van der Waals surface area contributed by atoms with Gasteiger partial charge in [-0.1, -0.05) is 12.1 Å². The first kappa shape index (κ1) is 13.0. The first-order valence-electron chi connectivity index (χ1n) is 5.43. The van der Waals surface area contributed by atoms with Gasteiger partial charge in [-0.25, -0.2) is 4.39 Å². The Bertz CT molecular complexity index is 507. The molecule has 0 N–H and O–H groups in total. The number of carbonyl (C=O) groups is 2.